The highest BCUT2D eigenvalue weighted by molar-refractivity contribution is 6.33. The first-order valence-electron chi connectivity index (χ1n) is 5.06. The van der Waals surface area contributed by atoms with Crippen LogP contribution in [0.4, 0.5) is 0 Å². The molecule has 1 fully saturated rings. The second-order valence-electron chi connectivity index (χ2n) is 3.80. The summed E-state index contributed by atoms with van der Waals surface area (Å²) in [5.41, 5.74) is 0.751. The van der Waals surface area contributed by atoms with Crippen LogP contribution in [0, 0.1) is 0 Å². The quantitative estimate of drug-likeness (QED) is 0.795. The molecule has 2 aromatic rings. The second kappa shape index (κ2) is 3.47. The Kier molecular flexibility index (Phi) is 2.11. The van der Waals surface area contributed by atoms with Crippen LogP contribution in [0.5, 0.6) is 0 Å². The molecular formula is C10H11ClN4. The summed E-state index contributed by atoms with van der Waals surface area (Å²) in [5.74, 6) is 1.47. The minimum atomic E-state index is 0.457. The standard InChI is InChI=1S/C10H11ClN4/c11-8-2-1-5-15-9(13-14-10(8)15)7-3-4-12-6-7/h1-2,5,7,12H,3-4,6H2. The number of rotatable bonds is 1. The van der Waals surface area contributed by atoms with Crippen molar-refractivity contribution in [3.05, 3.63) is 29.2 Å². The molecule has 3 rings (SSSR count). The van der Waals surface area contributed by atoms with Gasteiger partial charge in [-0.05, 0) is 25.1 Å². The van der Waals surface area contributed by atoms with E-state index >= 15 is 0 Å². The third kappa shape index (κ3) is 1.41. The first-order chi connectivity index (χ1) is 7.36. The Labute approximate surface area is 92.3 Å². The topological polar surface area (TPSA) is 42.2 Å². The Morgan fingerprint density at radius 1 is 1.47 bits per heavy atom. The van der Waals surface area contributed by atoms with Gasteiger partial charge in [-0.25, -0.2) is 0 Å². The van der Waals surface area contributed by atoms with Gasteiger partial charge in [-0.15, -0.1) is 10.2 Å². The Morgan fingerprint density at radius 2 is 2.40 bits per heavy atom. The zero-order valence-corrected chi connectivity index (χ0v) is 8.91. The second-order valence-corrected chi connectivity index (χ2v) is 4.20. The summed E-state index contributed by atoms with van der Waals surface area (Å²) >= 11 is 6.04. The number of halogens is 1. The largest absolute Gasteiger partial charge is 0.316 e. The van der Waals surface area contributed by atoms with Gasteiger partial charge in [0.25, 0.3) is 0 Å². The highest BCUT2D eigenvalue weighted by Gasteiger charge is 2.22. The van der Waals surface area contributed by atoms with Crippen LogP contribution in [0.3, 0.4) is 0 Å². The summed E-state index contributed by atoms with van der Waals surface area (Å²) in [6.45, 7) is 2.04. The van der Waals surface area contributed by atoms with E-state index in [9.17, 15) is 0 Å². The Balaban J connectivity index is 2.15. The third-order valence-electron chi connectivity index (χ3n) is 2.84. The molecule has 1 unspecified atom stereocenters. The van der Waals surface area contributed by atoms with Crippen molar-refractivity contribution in [2.75, 3.05) is 13.1 Å². The monoisotopic (exact) mass is 222 g/mol. The molecule has 15 heavy (non-hydrogen) atoms. The van der Waals surface area contributed by atoms with E-state index < -0.39 is 0 Å². The Morgan fingerprint density at radius 3 is 3.20 bits per heavy atom. The molecule has 0 aromatic carbocycles. The lowest BCUT2D eigenvalue weighted by Gasteiger charge is -2.05. The maximum absolute atomic E-state index is 6.04. The molecule has 4 nitrogen and oxygen atoms in total. The summed E-state index contributed by atoms with van der Waals surface area (Å²) in [5, 5.41) is 12.3. The van der Waals surface area contributed by atoms with Crippen LogP contribution in [-0.2, 0) is 0 Å². The predicted octanol–water partition coefficient (Wildman–Crippen LogP) is 1.46. The number of fused-ring (bicyclic) bond motifs is 1. The van der Waals surface area contributed by atoms with E-state index in [1.165, 1.54) is 0 Å². The normalized spacial score (nSPS) is 21.3. The smallest absolute Gasteiger partial charge is 0.179 e. The molecule has 78 valence electrons. The van der Waals surface area contributed by atoms with E-state index in [-0.39, 0.29) is 0 Å². The van der Waals surface area contributed by atoms with Crippen LogP contribution in [0.25, 0.3) is 5.65 Å². The van der Waals surface area contributed by atoms with E-state index in [0.29, 0.717) is 10.9 Å². The van der Waals surface area contributed by atoms with Gasteiger partial charge >= 0.3 is 0 Å². The van der Waals surface area contributed by atoms with Gasteiger partial charge in [0.1, 0.15) is 5.82 Å². The van der Waals surface area contributed by atoms with E-state index in [1.807, 2.05) is 22.7 Å². The molecule has 1 saturated heterocycles. The lowest BCUT2D eigenvalue weighted by molar-refractivity contribution is 0.691. The van der Waals surface area contributed by atoms with Crippen LogP contribution in [0.15, 0.2) is 18.3 Å². The van der Waals surface area contributed by atoms with Gasteiger partial charge < -0.3 is 5.32 Å². The predicted molar refractivity (Wildman–Crippen MR) is 58.2 cm³/mol. The summed E-state index contributed by atoms with van der Waals surface area (Å²) < 4.78 is 1.99. The van der Waals surface area contributed by atoms with Crippen LogP contribution in [-0.4, -0.2) is 27.7 Å². The van der Waals surface area contributed by atoms with Crippen molar-refractivity contribution in [1.29, 1.82) is 0 Å². The highest BCUT2D eigenvalue weighted by atomic mass is 35.5. The maximum atomic E-state index is 6.04. The number of nitrogens with one attached hydrogen (secondary N) is 1. The van der Waals surface area contributed by atoms with Crippen LogP contribution in [0.2, 0.25) is 5.02 Å². The molecule has 0 aliphatic carbocycles. The third-order valence-corrected chi connectivity index (χ3v) is 3.13. The van der Waals surface area contributed by atoms with E-state index in [2.05, 4.69) is 15.5 Å². The fraction of sp³-hybridized carbons (Fsp3) is 0.400. The average Bonchev–Trinajstić information content (AvgIpc) is 2.85. The molecule has 0 saturated carbocycles. The van der Waals surface area contributed by atoms with Crippen molar-refractivity contribution >= 4 is 17.2 Å². The number of pyridine rings is 1. The first-order valence-corrected chi connectivity index (χ1v) is 5.44. The van der Waals surface area contributed by atoms with Crippen molar-refractivity contribution in [2.45, 2.75) is 12.3 Å². The number of aromatic nitrogens is 3. The number of hydrogen-bond donors (Lipinski definition) is 1. The minimum absolute atomic E-state index is 0.457. The van der Waals surface area contributed by atoms with E-state index in [1.54, 1.807) is 0 Å². The molecule has 1 N–H and O–H groups in total. The van der Waals surface area contributed by atoms with Crippen molar-refractivity contribution in [3.8, 4) is 0 Å². The first kappa shape index (κ1) is 9.12. The fourth-order valence-electron chi connectivity index (χ4n) is 2.05. The number of nitrogens with zero attached hydrogens (tertiary/aromatic N) is 3. The Bertz CT molecular complexity index is 487. The summed E-state index contributed by atoms with van der Waals surface area (Å²) in [6.07, 6.45) is 3.09. The molecule has 0 amide bonds. The minimum Gasteiger partial charge on any atom is -0.316 e. The van der Waals surface area contributed by atoms with Crippen LogP contribution < -0.4 is 5.32 Å². The molecule has 1 aliphatic heterocycles. The fourth-order valence-corrected chi connectivity index (χ4v) is 2.26. The summed E-state index contributed by atoms with van der Waals surface area (Å²) in [4.78, 5) is 0. The van der Waals surface area contributed by atoms with E-state index in [0.717, 1.165) is 31.0 Å². The van der Waals surface area contributed by atoms with Gasteiger partial charge in [-0.3, -0.25) is 4.40 Å². The van der Waals surface area contributed by atoms with Gasteiger partial charge in [0.2, 0.25) is 0 Å². The van der Waals surface area contributed by atoms with Crippen LogP contribution in [0.1, 0.15) is 18.2 Å². The molecule has 0 radical (unpaired) electrons. The Hall–Kier alpha value is -1.13. The molecule has 5 heteroatoms. The van der Waals surface area contributed by atoms with Crippen molar-refractivity contribution in [3.63, 3.8) is 0 Å². The van der Waals surface area contributed by atoms with Crippen LogP contribution >= 0.6 is 11.6 Å². The average molecular weight is 223 g/mol. The van der Waals surface area contributed by atoms with Gasteiger partial charge in [0.15, 0.2) is 5.65 Å². The van der Waals surface area contributed by atoms with Crippen molar-refractivity contribution in [2.24, 2.45) is 0 Å². The maximum Gasteiger partial charge on any atom is 0.179 e. The molecule has 2 aromatic heterocycles. The van der Waals surface area contributed by atoms with E-state index in [4.69, 9.17) is 11.6 Å². The molecule has 3 heterocycles. The zero-order valence-electron chi connectivity index (χ0n) is 8.15. The highest BCUT2D eigenvalue weighted by Crippen LogP contribution is 2.23. The van der Waals surface area contributed by atoms with Gasteiger partial charge in [-0.2, -0.15) is 0 Å². The van der Waals surface area contributed by atoms with Crippen molar-refractivity contribution in [1.82, 2.24) is 19.9 Å². The lowest BCUT2D eigenvalue weighted by Crippen LogP contribution is -2.10. The number of hydrogen-bond acceptors (Lipinski definition) is 3. The van der Waals surface area contributed by atoms with Gasteiger partial charge in [0, 0.05) is 18.7 Å². The summed E-state index contributed by atoms with van der Waals surface area (Å²) in [7, 11) is 0. The molecule has 0 spiro atoms. The van der Waals surface area contributed by atoms with Gasteiger partial charge in [-0.1, -0.05) is 11.6 Å². The lowest BCUT2D eigenvalue weighted by atomic mass is 10.1. The molecular weight excluding hydrogens is 212 g/mol. The zero-order chi connectivity index (χ0) is 10.3. The van der Waals surface area contributed by atoms with Crippen molar-refractivity contribution < 1.29 is 0 Å². The molecule has 1 aliphatic rings. The summed E-state index contributed by atoms with van der Waals surface area (Å²) in [6, 6.07) is 3.76. The molecule has 1 atom stereocenters. The molecule has 0 bridgehead atoms. The SMILES string of the molecule is Clc1cccn2c(C3CCNC3)nnc12. The van der Waals surface area contributed by atoms with Gasteiger partial charge in [0.05, 0.1) is 5.02 Å².